The molecule has 2 fully saturated rings. The van der Waals surface area contributed by atoms with Crippen molar-refractivity contribution in [2.24, 2.45) is 0 Å². The molecule has 1 spiro atoms. The minimum atomic E-state index is -0.239. The van der Waals surface area contributed by atoms with Crippen LogP contribution in [-0.4, -0.2) is 29.6 Å². The van der Waals surface area contributed by atoms with Crippen LogP contribution < -0.4 is 0 Å². The van der Waals surface area contributed by atoms with Gasteiger partial charge in [0, 0.05) is 31.7 Å². The summed E-state index contributed by atoms with van der Waals surface area (Å²) < 4.78 is 19.6. The fourth-order valence-electron chi connectivity index (χ4n) is 3.23. The minimum Gasteiger partial charge on any atom is -0.375 e. The van der Waals surface area contributed by atoms with Gasteiger partial charge in [0.25, 0.3) is 0 Å². The van der Waals surface area contributed by atoms with Gasteiger partial charge in [0.2, 0.25) is 5.91 Å². The molecule has 0 N–H and O–H groups in total. The minimum absolute atomic E-state index is 0.0976. The first-order chi connectivity index (χ1) is 9.69. The number of nitrogens with zero attached hydrogens (tertiary/aromatic N) is 1. The van der Waals surface area contributed by atoms with Crippen LogP contribution in [0.3, 0.4) is 0 Å². The molecule has 2 aliphatic heterocycles. The number of hydrogen-bond donors (Lipinski definition) is 0. The second kappa shape index (κ2) is 5.52. The Balaban J connectivity index is 1.71. The number of hydrogen-bond acceptors (Lipinski definition) is 2. The van der Waals surface area contributed by atoms with Crippen LogP contribution in [0.1, 0.15) is 37.7 Å². The van der Waals surface area contributed by atoms with Crippen LogP contribution in [0.15, 0.2) is 24.3 Å². The number of halogens is 1. The molecule has 0 aliphatic carbocycles. The van der Waals surface area contributed by atoms with E-state index in [-0.39, 0.29) is 17.3 Å². The Morgan fingerprint density at radius 2 is 2.10 bits per heavy atom. The van der Waals surface area contributed by atoms with Crippen molar-refractivity contribution in [3.8, 4) is 0 Å². The van der Waals surface area contributed by atoms with Crippen molar-refractivity contribution in [2.75, 3.05) is 13.2 Å². The Hall–Kier alpha value is -1.42. The van der Waals surface area contributed by atoms with E-state index in [2.05, 4.69) is 0 Å². The highest BCUT2D eigenvalue weighted by atomic mass is 19.1. The molecular weight excluding hydrogens is 257 g/mol. The van der Waals surface area contributed by atoms with Crippen molar-refractivity contribution in [2.45, 2.75) is 44.2 Å². The molecule has 4 heteroatoms. The predicted molar refractivity (Wildman–Crippen MR) is 73.6 cm³/mol. The molecule has 3 nitrogen and oxygen atoms in total. The molecule has 0 aromatic heterocycles. The van der Waals surface area contributed by atoms with Gasteiger partial charge in [-0.1, -0.05) is 18.2 Å². The summed E-state index contributed by atoms with van der Waals surface area (Å²) in [7, 11) is 0. The topological polar surface area (TPSA) is 29.5 Å². The van der Waals surface area contributed by atoms with Gasteiger partial charge < -0.3 is 9.64 Å². The van der Waals surface area contributed by atoms with Crippen molar-refractivity contribution in [1.29, 1.82) is 0 Å². The lowest BCUT2D eigenvalue weighted by Gasteiger charge is -2.26. The standard InChI is InChI=1S/C16H20FNO2/c17-14-5-2-1-4-13(14)12-18-10-9-16(7-3-11-20-16)8-6-15(18)19/h1-2,4-5H,3,6-12H2/t16-/m1/s1. The Labute approximate surface area is 118 Å². The average molecular weight is 277 g/mol. The molecule has 1 atom stereocenters. The van der Waals surface area contributed by atoms with Gasteiger partial charge in [-0.3, -0.25) is 4.79 Å². The molecule has 1 aromatic carbocycles. The molecule has 2 saturated heterocycles. The van der Waals surface area contributed by atoms with E-state index in [1.165, 1.54) is 6.07 Å². The molecule has 0 bridgehead atoms. The lowest BCUT2D eigenvalue weighted by atomic mass is 9.92. The predicted octanol–water partition coefficient (Wildman–Crippen LogP) is 2.89. The van der Waals surface area contributed by atoms with Gasteiger partial charge in [-0.25, -0.2) is 4.39 Å². The van der Waals surface area contributed by atoms with Gasteiger partial charge >= 0.3 is 0 Å². The fraction of sp³-hybridized carbons (Fsp3) is 0.562. The largest absolute Gasteiger partial charge is 0.375 e. The zero-order valence-electron chi connectivity index (χ0n) is 11.6. The molecule has 0 unspecified atom stereocenters. The van der Waals surface area contributed by atoms with Crippen LogP contribution >= 0.6 is 0 Å². The van der Waals surface area contributed by atoms with E-state index >= 15 is 0 Å². The van der Waals surface area contributed by atoms with Gasteiger partial charge in [0.05, 0.1) is 5.60 Å². The van der Waals surface area contributed by atoms with Crippen molar-refractivity contribution < 1.29 is 13.9 Å². The highest BCUT2D eigenvalue weighted by Gasteiger charge is 2.38. The number of benzene rings is 1. The third-order valence-corrected chi connectivity index (χ3v) is 4.49. The van der Waals surface area contributed by atoms with E-state index in [4.69, 9.17) is 4.74 Å². The van der Waals surface area contributed by atoms with Gasteiger partial charge in [-0.15, -0.1) is 0 Å². The molecule has 108 valence electrons. The number of carbonyl (C=O) groups is 1. The number of likely N-dealkylation sites (tertiary alicyclic amines) is 1. The highest BCUT2D eigenvalue weighted by Crippen LogP contribution is 2.36. The third-order valence-electron chi connectivity index (χ3n) is 4.49. The molecule has 2 heterocycles. The van der Waals surface area contributed by atoms with Gasteiger partial charge in [0.1, 0.15) is 5.82 Å². The summed E-state index contributed by atoms with van der Waals surface area (Å²) in [5, 5.41) is 0. The summed E-state index contributed by atoms with van der Waals surface area (Å²) in [6.07, 6.45) is 4.32. The summed E-state index contributed by atoms with van der Waals surface area (Å²) in [4.78, 5) is 14.0. The van der Waals surface area contributed by atoms with E-state index in [1.807, 2.05) is 6.07 Å². The summed E-state index contributed by atoms with van der Waals surface area (Å²) in [5.41, 5.74) is 0.490. The van der Waals surface area contributed by atoms with Crippen molar-refractivity contribution >= 4 is 5.91 Å². The molecule has 0 saturated carbocycles. The summed E-state index contributed by atoms with van der Waals surface area (Å²) >= 11 is 0. The zero-order valence-corrected chi connectivity index (χ0v) is 11.6. The average Bonchev–Trinajstić information content (AvgIpc) is 2.86. The number of carbonyl (C=O) groups excluding carboxylic acids is 1. The quantitative estimate of drug-likeness (QED) is 0.832. The molecular formula is C16H20FNO2. The first-order valence-electron chi connectivity index (χ1n) is 7.34. The van der Waals surface area contributed by atoms with Gasteiger partial charge in [-0.2, -0.15) is 0 Å². The van der Waals surface area contributed by atoms with Crippen LogP contribution in [0.2, 0.25) is 0 Å². The number of ether oxygens (including phenoxy) is 1. The molecule has 1 amide bonds. The maximum atomic E-state index is 13.7. The third kappa shape index (κ3) is 2.70. The Kier molecular flexibility index (Phi) is 3.74. The lowest BCUT2D eigenvalue weighted by Crippen LogP contribution is -2.32. The highest BCUT2D eigenvalue weighted by molar-refractivity contribution is 5.76. The molecule has 20 heavy (non-hydrogen) atoms. The Morgan fingerprint density at radius 3 is 2.85 bits per heavy atom. The maximum absolute atomic E-state index is 13.7. The first kappa shape index (κ1) is 13.6. The van der Waals surface area contributed by atoms with E-state index in [0.717, 1.165) is 32.3 Å². The van der Waals surface area contributed by atoms with E-state index in [9.17, 15) is 9.18 Å². The molecule has 1 aromatic rings. The molecule has 2 aliphatic rings. The van der Waals surface area contributed by atoms with Crippen LogP contribution in [0.25, 0.3) is 0 Å². The van der Waals surface area contributed by atoms with Crippen LogP contribution in [0, 0.1) is 5.82 Å². The molecule has 0 radical (unpaired) electrons. The first-order valence-corrected chi connectivity index (χ1v) is 7.34. The summed E-state index contributed by atoms with van der Waals surface area (Å²) in [6.45, 7) is 1.83. The number of rotatable bonds is 2. The van der Waals surface area contributed by atoms with Crippen LogP contribution in [-0.2, 0) is 16.1 Å². The van der Waals surface area contributed by atoms with Crippen molar-refractivity contribution in [3.05, 3.63) is 35.6 Å². The molecule has 3 rings (SSSR count). The normalized spacial score (nSPS) is 27.1. The lowest BCUT2D eigenvalue weighted by molar-refractivity contribution is -0.131. The number of amides is 1. The van der Waals surface area contributed by atoms with Crippen LogP contribution in [0.4, 0.5) is 4.39 Å². The van der Waals surface area contributed by atoms with Gasteiger partial charge in [-0.05, 0) is 31.7 Å². The summed E-state index contributed by atoms with van der Waals surface area (Å²) in [5.74, 6) is -0.128. The smallest absolute Gasteiger partial charge is 0.222 e. The zero-order chi connectivity index (χ0) is 14.0. The van der Waals surface area contributed by atoms with Crippen LogP contribution in [0.5, 0.6) is 0 Å². The second-order valence-corrected chi connectivity index (χ2v) is 5.79. The van der Waals surface area contributed by atoms with E-state index in [1.54, 1.807) is 17.0 Å². The summed E-state index contributed by atoms with van der Waals surface area (Å²) in [6, 6.07) is 6.67. The maximum Gasteiger partial charge on any atom is 0.222 e. The fourth-order valence-corrected chi connectivity index (χ4v) is 3.23. The Bertz CT molecular complexity index is 497. The van der Waals surface area contributed by atoms with Crippen molar-refractivity contribution in [3.63, 3.8) is 0 Å². The van der Waals surface area contributed by atoms with Gasteiger partial charge in [0.15, 0.2) is 0 Å². The SMILES string of the molecule is O=C1CC[C@]2(CCCO2)CCN1Cc1ccccc1F. The van der Waals surface area contributed by atoms with Crippen molar-refractivity contribution in [1.82, 2.24) is 4.90 Å². The Morgan fingerprint density at radius 1 is 1.25 bits per heavy atom. The van der Waals surface area contributed by atoms with E-state index < -0.39 is 0 Å². The van der Waals surface area contributed by atoms with E-state index in [0.29, 0.717) is 25.1 Å². The monoisotopic (exact) mass is 277 g/mol. The second-order valence-electron chi connectivity index (χ2n) is 5.79.